The molecule has 0 saturated carbocycles. The lowest BCUT2D eigenvalue weighted by Crippen LogP contribution is -2.25. The van der Waals surface area contributed by atoms with E-state index in [2.05, 4.69) is 20.3 Å². The molecule has 0 radical (unpaired) electrons. The third kappa shape index (κ3) is 3.53. The molecule has 6 heteroatoms. The zero-order chi connectivity index (χ0) is 16.2. The number of para-hydroxylation sites is 1. The van der Waals surface area contributed by atoms with Crippen molar-refractivity contribution in [2.24, 2.45) is 0 Å². The van der Waals surface area contributed by atoms with E-state index in [-0.39, 0.29) is 11.2 Å². The van der Waals surface area contributed by atoms with Gasteiger partial charge in [-0.25, -0.2) is 4.98 Å². The van der Waals surface area contributed by atoms with Crippen LogP contribution in [0.2, 0.25) is 0 Å². The Bertz CT molecular complexity index is 797. The highest BCUT2D eigenvalue weighted by Gasteiger charge is 2.20. The number of nitrogens with one attached hydrogen (secondary N) is 2. The Morgan fingerprint density at radius 3 is 2.91 bits per heavy atom. The number of nitrogens with zero attached hydrogens (tertiary/aromatic N) is 2. The van der Waals surface area contributed by atoms with Gasteiger partial charge in [-0.2, -0.15) is 0 Å². The summed E-state index contributed by atoms with van der Waals surface area (Å²) in [5.74, 6) is -0.00891. The van der Waals surface area contributed by atoms with E-state index in [0.29, 0.717) is 0 Å². The lowest BCUT2D eigenvalue weighted by atomic mass is 10.2. The minimum Gasteiger partial charge on any atom is -0.332 e. The summed E-state index contributed by atoms with van der Waals surface area (Å²) >= 11 is 1.44. The number of aryl methyl sites for hydroxylation is 1. The van der Waals surface area contributed by atoms with E-state index in [1.54, 1.807) is 12.4 Å². The van der Waals surface area contributed by atoms with Crippen LogP contribution >= 0.6 is 11.8 Å². The van der Waals surface area contributed by atoms with Crippen LogP contribution in [0.3, 0.4) is 0 Å². The Hall–Kier alpha value is -2.34. The fourth-order valence-electron chi connectivity index (χ4n) is 2.27. The van der Waals surface area contributed by atoms with Crippen molar-refractivity contribution in [3.63, 3.8) is 0 Å². The van der Waals surface area contributed by atoms with Gasteiger partial charge < -0.3 is 10.3 Å². The zero-order valence-electron chi connectivity index (χ0n) is 13.0. The number of amides is 1. The number of anilines is 1. The highest BCUT2D eigenvalue weighted by Crippen LogP contribution is 2.26. The average Bonchev–Trinajstić information content (AvgIpc) is 2.97. The summed E-state index contributed by atoms with van der Waals surface area (Å²) in [7, 11) is 0. The maximum Gasteiger partial charge on any atom is 0.237 e. The van der Waals surface area contributed by atoms with Gasteiger partial charge in [0.25, 0.3) is 0 Å². The number of aromatic nitrogens is 3. The van der Waals surface area contributed by atoms with Gasteiger partial charge in [-0.15, -0.1) is 0 Å². The molecule has 3 aromatic rings. The molecule has 1 aromatic carbocycles. The lowest BCUT2D eigenvalue weighted by molar-refractivity contribution is -0.115. The third-order valence-corrected chi connectivity index (χ3v) is 4.83. The van der Waals surface area contributed by atoms with Crippen molar-refractivity contribution in [2.45, 2.75) is 30.7 Å². The molecule has 1 amide bonds. The largest absolute Gasteiger partial charge is 0.332 e. The van der Waals surface area contributed by atoms with Gasteiger partial charge in [-0.3, -0.25) is 9.78 Å². The molecule has 2 N–H and O–H groups in total. The number of rotatable bonds is 5. The number of hydrogen-bond donors (Lipinski definition) is 2. The summed E-state index contributed by atoms with van der Waals surface area (Å²) in [6, 6.07) is 9.63. The van der Waals surface area contributed by atoms with Crippen LogP contribution in [0.25, 0.3) is 11.0 Å². The van der Waals surface area contributed by atoms with Crippen molar-refractivity contribution in [1.29, 1.82) is 0 Å². The van der Waals surface area contributed by atoms with E-state index < -0.39 is 0 Å². The number of carbonyl (C=O) groups is 1. The number of pyridine rings is 1. The van der Waals surface area contributed by atoms with Crippen LogP contribution in [0.4, 0.5) is 5.69 Å². The second-order valence-corrected chi connectivity index (χ2v) is 6.45. The maximum absolute atomic E-state index is 12.5. The monoisotopic (exact) mass is 326 g/mol. The molecule has 0 aliphatic carbocycles. The van der Waals surface area contributed by atoms with Gasteiger partial charge in [-0.1, -0.05) is 36.9 Å². The molecule has 0 aliphatic rings. The first-order valence-corrected chi connectivity index (χ1v) is 8.38. The van der Waals surface area contributed by atoms with Crippen molar-refractivity contribution >= 4 is 34.4 Å². The summed E-state index contributed by atoms with van der Waals surface area (Å²) in [6.07, 6.45) is 4.16. The van der Waals surface area contributed by atoms with Crippen LogP contribution in [0.15, 0.2) is 47.9 Å². The number of carbonyl (C=O) groups excluding carboxylic acids is 1. The Morgan fingerprint density at radius 1 is 1.35 bits per heavy atom. The number of hydrogen-bond acceptors (Lipinski definition) is 4. The number of benzene rings is 1. The quantitative estimate of drug-likeness (QED) is 0.700. The molecule has 3 rings (SSSR count). The van der Waals surface area contributed by atoms with E-state index >= 15 is 0 Å². The maximum atomic E-state index is 12.5. The van der Waals surface area contributed by atoms with Crippen LogP contribution in [0, 0.1) is 6.92 Å². The van der Waals surface area contributed by atoms with Gasteiger partial charge >= 0.3 is 0 Å². The van der Waals surface area contributed by atoms with Crippen LogP contribution in [0.1, 0.15) is 18.9 Å². The number of imidazole rings is 1. The van der Waals surface area contributed by atoms with Gasteiger partial charge in [0.1, 0.15) is 0 Å². The predicted molar refractivity (Wildman–Crippen MR) is 93.6 cm³/mol. The number of fused-ring (bicyclic) bond motifs is 1. The first-order chi connectivity index (χ1) is 11.2. The zero-order valence-corrected chi connectivity index (χ0v) is 13.9. The SMILES string of the molecule is CC[C@H](Sc1nc2ccncc2[nH]1)C(=O)Nc1ccccc1C. The molecule has 0 bridgehead atoms. The summed E-state index contributed by atoms with van der Waals surface area (Å²) < 4.78 is 0. The highest BCUT2D eigenvalue weighted by molar-refractivity contribution is 8.00. The van der Waals surface area contributed by atoms with E-state index in [4.69, 9.17) is 0 Å². The van der Waals surface area contributed by atoms with Crippen LogP contribution in [-0.2, 0) is 4.79 Å². The molecule has 118 valence electrons. The van der Waals surface area contributed by atoms with E-state index in [0.717, 1.165) is 33.9 Å². The molecular weight excluding hydrogens is 308 g/mol. The molecule has 0 unspecified atom stereocenters. The Balaban J connectivity index is 1.74. The molecule has 23 heavy (non-hydrogen) atoms. The van der Waals surface area contributed by atoms with Gasteiger partial charge in [0.2, 0.25) is 5.91 Å². The van der Waals surface area contributed by atoms with Crippen molar-refractivity contribution < 1.29 is 4.79 Å². The minimum absolute atomic E-state index is 0.00891. The molecule has 0 saturated heterocycles. The Labute approximate surface area is 138 Å². The normalized spacial score (nSPS) is 12.3. The first kappa shape index (κ1) is 15.6. The second kappa shape index (κ2) is 6.83. The van der Waals surface area contributed by atoms with Crippen LogP contribution in [0.5, 0.6) is 0 Å². The number of thioether (sulfide) groups is 1. The summed E-state index contributed by atoms with van der Waals surface area (Å²) in [4.78, 5) is 24.3. The topological polar surface area (TPSA) is 70.7 Å². The molecule has 0 aliphatic heterocycles. The summed E-state index contributed by atoms with van der Waals surface area (Å²) in [5, 5.41) is 3.53. The van der Waals surface area contributed by atoms with Crippen LogP contribution < -0.4 is 5.32 Å². The number of aromatic amines is 1. The average molecular weight is 326 g/mol. The van der Waals surface area contributed by atoms with Crippen molar-refractivity contribution in [2.75, 3.05) is 5.32 Å². The van der Waals surface area contributed by atoms with E-state index in [1.807, 2.05) is 44.2 Å². The second-order valence-electron chi connectivity index (χ2n) is 5.25. The first-order valence-electron chi connectivity index (χ1n) is 7.50. The van der Waals surface area contributed by atoms with Gasteiger partial charge in [0, 0.05) is 11.9 Å². The van der Waals surface area contributed by atoms with Gasteiger partial charge in [-0.05, 0) is 31.0 Å². The van der Waals surface area contributed by atoms with Gasteiger partial charge in [0.15, 0.2) is 5.16 Å². The lowest BCUT2D eigenvalue weighted by Gasteiger charge is -2.14. The third-order valence-electron chi connectivity index (χ3n) is 3.58. The summed E-state index contributed by atoms with van der Waals surface area (Å²) in [6.45, 7) is 3.98. The van der Waals surface area contributed by atoms with Crippen LogP contribution in [-0.4, -0.2) is 26.1 Å². The van der Waals surface area contributed by atoms with Gasteiger partial charge in [0.05, 0.1) is 22.5 Å². The smallest absolute Gasteiger partial charge is 0.237 e. The minimum atomic E-state index is -0.205. The molecule has 5 nitrogen and oxygen atoms in total. The van der Waals surface area contributed by atoms with E-state index in [9.17, 15) is 4.79 Å². The van der Waals surface area contributed by atoms with Crippen molar-refractivity contribution in [3.05, 3.63) is 48.3 Å². The summed E-state index contributed by atoms with van der Waals surface area (Å²) in [5.41, 5.74) is 3.64. The fraction of sp³-hybridized carbons (Fsp3) is 0.235. The predicted octanol–water partition coefficient (Wildman–Crippen LogP) is 3.78. The van der Waals surface area contributed by atoms with Crippen molar-refractivity contribution in [1.82, 2.24) is 15.0 Å². The Morgan fingerprint density at radius 2 is 2.17 bits per heavy atom. The number of H-pyrrole nitrogens is 1. The molecule has 2 heterocycles. The highest BCUT2D eigenvalue weighted by atomic mass is 32.2. The molecule has 0 fully saturated rings. The molecule has 1 atom stereocenters. The van der Waals surface area contributed by atoms with Crippen molar-refractivity contribution in [3.8, 4) is 0 Å². The van der Waals surface area contributed by atoms with E-state index in [1.165, 1.54) is 11.8 Å². The molecule has 2 aromatic heterocycles. The standard InChI is InChI=1S/C17H18N4OS/c1-3-15(16(22)19-12-7-5-4-6-11(12)2)23-17-20-13-8-9-18-10-14(13)21-17/h4-10,15H,3H2,1-2H3,(H,19,22)(H,20,21)/t15-/m0/s1. The molecule has 0 spiro atoms. The Kier molecular flexibility index (Phi) is 4.62. The fourth-order valence-corrected chi connectivity index (χ4v) is 3.19. The molecular formula is C17H18N4OS.